The van der Waals surface area contributed by atoms with E-state index in [4.69, 9.17) is 0 Å². The fraction of sp³-hybridized carbons (Fsp3) is 0.188. The minimum atomic E-state index is -3.51. The standard InChI is InChI=1S/C16H18BrN3O3S/c1-20(2)24(22,23)13-7-5-6-12(10-13)18-11-16(21)19-15-9-4-3-8-14(15)17/h3-10,18H,11H2,1-2H3,(H,19,21). The first-order valence-electron chi connectivity index (χ1n) is 7.11. The maximum absolute atomic E-state index is 12.1. The van der Waals surface area contributed by atoms with Gasteiger partial charge in [-0.25, -0.2) is 12.7 Å². The van der Waals surface area contributed by atoms with E-state index in [0.717, 1.165) is 8.78 Å². The molecule has 0 aliphatic rings. The van der Waals surface area contributed by atoms with Crippen molar-refractivity contribution in [3.8, 4) is 0 Å². The van der Waals surface area contributed by atoms with E-state index in [1.165, 1.54) is 26.2 Å². The van der Waals surface area contributed by atoms with Crippen LogP contribution >= 0.6 is 15.9 Å². The molecule has 0 aliphatic carbocycles. The van der Waals surface area contributed by atoms with Gasteiger partial charge in [0.15, 0.2) is 0 Å². The van der Waals surface area contributed by atoms with E-state index in [-0.39, 0.29) is 17.3 Å². The van der Waals surface area contributed by atoms with Gasteiger partial charge in [-0.3, -0.25) is 4.79 Å². The van der Waals surface area contributed by atoms with Crippen LogP contribution in [0.25, 0.3) is 0 Å². The second-order valence-electron chi connectivity index (χ2n) is 5.20. The Balaban J connectivity index is 2.02. The Labute approximate surface area is 150 Å². The Morgan fingerprint density at radius 2 is 1.83 bits per heavy atom. The number of nitrogens with zero attached hydrogens (tertiary/aromatic N) is 1. The van der Waals surface area contributed by atoms with E-state index in [0.29, 0.717) is 11.4 Å². The smallest absolute Gasteiger partial charge is 0.243 e. The van der Waals surface area contributed by atoms with Gasteiger partial charge in [0.25, 0.3) is 0 Å². The van der Waals surface area contributed by atoms with Crippen LogP contribution in [0, 0.1) is 0 Å². The van der Waals surface area contributed by atoms with Gasteiger partial charge < -0.3 is 10.6 Å². The van der Waals surface area contributed by atoms with Gasteiger partial charge in [0.2, 0.25) is 15.9 Å². The molecule has 0 saturated carbocycles. The number of carbonyl (C=O) groups excluding carboxylic acids is 1. The molecule has 6 nitrogen and oxygen atoms in total. The van der Waals surface area contributed by atoms with E-state index in [9.17, 15) is 13.2 Å². The van der Waals surface area contributed by atoms with Crippen molar-refractivity contribution in [2.24, 2.45) is 0 Å². The maximum Gasteiger partial charge on any atom is 0.243 e. The number of para-hydroxylation sites is 1. The second-order valence-corrected chi connectivity index (χ2v) is 8.20. The number of rotatable bonds is 6. The monoisotopic (exact) mass is 411 g/mol. The molecule has 128 valence electrons. The lowest BCUT2D eigenvalue weighted by Crippen LogP contribution is -2.23. The number of halogens is 1. The third kappa shape index (κ3) is 4.56. The highest BCUT2D eigenvalue weighted by Gasteiger charge is 2.17. The first kappa shape index (κ1) is 18.4. The summed E-state index contributed by atoms with van der Waals surface area (Å²) in [6.07, 6.45) is 0. The lowest BCUT2D eigenvalue weighted by molar-refractivity contribution is -0.114. The lowest BCUT2D eigenvalue weighted by atomic mass is 10.3. The molecule has 0 aliphatic heterocycles. The first-order valence-corrected chi connectivity index (χ1v) is 9.35. The van der Waals surface area contributed by atoms with Crippen molar-refractivity contribution in [1.82, 2.24) is 4.31 Å². The van der Waals surface area contributed by atoms with Gasteiger partial charge in [-0.2, -0.15) is 0 Å². The highest BCUT2D eigenvalue weighted by atomic mass is 79.9. The quantitative estimate of drug-likeness (QED) is 0.765. The summed E-state index contributed by atoms with van der Waals surface area (Å²) in [5, 5.41) is 5.69. The number of carbonyl (C=O) groups is 1. The fourth-order valence-electron chi connectivity index (χ4n) is 1.92. The molecule has 0 atom stereocenters. The Kier molecular flexibility index (Phi) is 5.98. The average Bonchev–Trinajstić information content (AvgIpc) is 2.55. The number of sulfonamides is 1. The maximum atomic E-state index is 12.1. The van der Waals surface area contributed by atoms with Gasteiger partial charge in [0.1, 0.15) is 0 Å². The van der Waals surface area contributed by atoms with Crippen molar-refractivity contribution in [2.75, 3.05) is 31.3 Å². The Hall–Kier alpha value is -1.90. The molecule has 0 unspecified atom stereocenters. The van der Waals surface area contributed by atoms with Gasteiger partial charge in [-0.1, -0.05) is 18.2 Å². The van der Waals surface area contributed by atoms with E-state index in [1.807, 2.05) is 18.2 Å². The average molecular weight is 412 g/mol. The molecule has 0 fully saturated rings. The lowest BCUT2D eigenvalue weighted by Gasteiger charge is -2.13. The minimum absolute atomic E-state index is 0.0206. The molecule has 0 radical (unpaired) electrons. The van der Waals surface area contributed by atoms with Crippen LogP contribution in [-0.2, 0) is 14.8 Å². The van der Waals surface area contributed by atoms with Gasteiger partial charge in [0.05, 0.1) is 17.1 Å². The number of anilines is 2. The summed E-state index contributed by atoms with van der Waals surface area (Å²) in [6, 6.07) is 13.6. The van der Waals surface area contributed by atoms with Gasteiger partial charge in [0, 0.05) is 24.3 Å². The van der Waals surface area contributed by atoms with Crippen molar-refractivity contribution < 1.29 is 13.2 Å². The zero-order chi connectivity index (χ0) is 17.7. The number of hydrogen-bond donors (Lipinski definition) is 2. The molecule has 0 spiro atoms. The summed E-state index contributed by atoms with van der Waals surface area (Å²) in [4.78, 5) is 12.2. The van der Waals surface area contributed by atoms with Gasteiger partial charge in [-0.05, 0) is 46.3 Å². The predicted molar refractivity (Wildman–Crippen MR) is 98.6 cm³/mol. The topological polar surface area (TPSA) is 78.5 Å². The number of amides is 1. The molecule has 2 rings (SSSR count). The SMILES string of the molecule is CN(C)S(=O)(=O)c1cccc(NCC(=O)Nc2ccccc2Br)c1. The molecular formula is C16H18BrN3O3S. The second kappa shape index (κ2) is 7.78. The third-order valence-electron chi connectivity index (χ3n) is 3.21. The number of nitrogens with one attached hydrogen (secondary N) is 2. The minimum Gasteiger partial charge on any atom is -0.376 e. The van der Waals surface area contributed by atoms with Crippen molar-refractivity contribution in [3.05, 3.63) is 53.0 Å². The van der Waals surface area contributed by atoms with E-state index in [1.54, 1.807) is 18.2 Å². The molecule has 1 amide bonds. The van der Waals surface area contributed by atoms with Crippen LogP contribution in [0.3, 0.4) is 0 Å². The first-order chi connectivity index (χ1) is 11.3. The largest absolute Gasteiger partial charge is 0.376 e. The molecule has 8 heteroatoms. The molecule has 2 aromatic rings. The van der Waals surface area contributed by atoms with Gasteiger partial charge >= 0.3 is 0 Å². The summed E-state index contributed by atoms with van der Waals surface area (Å²) in [6.45, 7) is 0.0206. The summed E-state index contributed by atoms with van der Waals surface area (Å²) in [5.74, 6) is -0.234. The molecule has 0 aromatic heterocycles. The van der Waals surface area contributed by atoms with E-state index < -0.39 is 10.0 Å². The van der Waals surface area contributed by atoms with Crippen molar-refractivity contribution >= 4 is 43.2 Å². The number of hydrogen-bond acceptors (Lipinski definition) is 4. The zero-order valence-corrected chi connectivity index (χ0v) is 15.7. The molecule has 2 N–H and O–H groups in total. The molecule has 2 aromatic carbocycles. The third-order valence-corrected chi connectivity index (χ3v) is 5.72. The molecule has 0 heterocycles. The van der Waals surface area contributed by atoms with Crippen LogP contribution < -0.4 is 10.6 Å². The molecule has 0 bridgehead atoms. The Morgan fingerprint density at radius 1 is 1.12 bits per heavy atom. The summed E-state index contributed by atoms with van der Waals surface area (Å²) in [5.41, 5.74) is 1.23. The zero-order valence-electron chi connectivity index (χ0n) is 13.3. The van der Waals surface area contributed by atoms with Crippen LogP contribution in [0.2, 0.25) is 0 Å². The summed E-state index contributed by atoms with van der Waals surface area (Å²) >= 11 is 3.36. The van der Waals surface area contributed by atoms with Crippen LogP contribution in [0.4, 0.5) is 11.4 Å². The van der Waals surface area contributed by atoms with Crippen LogP contribution in [0.15, 0.2) is 57.9 Å². The fourth-order valence-corrected chi connectivity index (χ4v) is 3.25. The van der Waals surface area contributed by atoms with Crippen molar-refractivity contribution in [3.63, 3.8) is 0 Å². The molecular weight excluding hydrogens is 394 g/mol. The highest BCUT2D eigenvalue weighted by Crippen LogP contribution is 2.21. The highest BCUT2D eigenvalue weighted by molar-refractivity contribution is 9.10. The summed E-state index contributed by atoms with van der Waals surface area (Å²) in [7, 11) is -0.560. The molecule has 0 saturated heterocycles. The van der Waals surface area contributed by atoms with Crippen LogP contribution in [-0.4, -0.2) is 39.3 Å². The van der Waals surface area contributed by atoms with Crippen molar-refractivity contribution in [2.45, 2.75) is 4.90 Å². The normalized spacial score (nSPS) is 11.3. The Bertz CT molecular complexity index is 838. The van der Waals surface area contributed by atoms with E-state index >= 15 is 0 Å². The van der Waals surface area contributed by atoms with Gasteiger partial charge in [-0.15, -0.1) is 0 Å². The predicted octanol–water partition coefficient (Wildman–Crippen LogP) is 2.75. The van der Waals surface area contributed by atoms with Crippen LogP contribution in [0.5, 0.6) is 0 Å². The Morgan fingerprint density at radius 3 is 2.50 bits per heavy atom. The summed E-state index contributed by atoms with van der Waals surface area (Å²) < 4.78 is 26.2. The van der Waals surface area contributed by atoms with Crippen LogP contribution in [0.1, 0.15) is 0 Å². The van der Waals surface area contributed by atoms with Crippen molar-refractivity contribution in [1.29, 1.82) is 0 Å². The number of benzene rings is 2. The van der Waals surface area contributed by atoms with E-state index in [2.05, 4.69) is 26.6 Å². The molecule has 24 heavy (non-hydrogen) atoms.